The third-order valence-electron chi connectivity index (χ3n) is 5.49. The number of hydrogen-bond donors (Lipinski definition) is 2. The summed E-state index contributed by atoms with van der Waals surface area (Å²) in [7, 11) is 0. The second kappa shape index (κ2) is 9.54. The number of H-pyrrole nitrogens is 1. The maximum Gasteiger partial charge on any atom is 0.161 e. The number of benzene rings is 1. The van der Waals surface area contributed by atoms with Crippen molar-refractivity contribution in [1.29, 1.82) is 0 Å². The fourth-order valence-electron chi connectivity index (χ4n) is 3.89. The number of nitrogens with zero attached hydrogens (tertiary/aromatic N) is 4. The molecule has 0 amide bonds. The summed E-state index contributed by atoms with van der Waals surface area (Å²) >= 11 is 0. The van der Waals surface area contributed by atoms with Crippen LogP contribution in [0.1, 0.15) is 43.5 Å². The molecular weight excluding hydrogens is 441 g/mol. The highest BCUT2D eigenvalue weighted by molar-refractivity contribution is 5.84. The summed E-state index contributed by atoms with van der Waals surface area (Å²) in [6.07, 6.45) is 6.74. The second-order valence-corrected chi connectivity index (χ2v) is 8.32. The summed E-state index contributed by atoms with van der Waals surface area (Å²) in [6.45, 7) is 9.36. The Morgan fingerprint density at radius 1 is 1.29 bits per heavy atom. The maximum absolute atomic E-state index is 14.0. The molecule has 9 heteroatoms. The zero-order valence-corrected chi connectivity index (χ0v) is 19.2. The predicted molar refractivity (Wildman–Crippen MR) is 130 cm³/mol. The molecule has 176 valence electrons. The standard InChI is InChI=1S/C25H25F3N6/c1-14(2)20-13-32-34-23(10-22(33-25(20)34)17(11-29-4)7-15(3)26)30-6-5-16-12-31-24-19(16)8-18(27)9-21(24)28/h7-14,30-31H,4-6H2,1-3H3/b15-7+,17-11+. The first-order valence-corrected chi connectivity index (χ1v) is 10.9. The largest absolute Gasteiger partial charge is 0.370 e. The van der Waals surface area contributed by atoms with Crippen LogP contribution in [0.2, 0.25) is 0 Å². The molecule has 0 saturated carbocycles. The van der Waals surface area contributed by atoms with Gasteiger partial charge in [0.2, 0.25) is 0 Å². The van der Waals surface area contributed by atoms with Crippen LogP contribution in [0.25, 0.3) is 22.1 Å². The number of aliphatic imine (C=N–C) groups is 1. The molecule has 6 nitrogen and oxygen atoms in total. The molecule has 0 aliphatic carbocycles. The average Bonchev–Trinajstić information content (AvgIpc) is 3.38. The van der Waals surface area contributed by atoms with Gasteiger partial charge in [0, 0.05) is 47.6 Å². The molecule has 0 fully saturated rings. The number of aromatic nitrogens is 4. The highest BCUT2D eigenvalue weighted by Crippen LogP contribution is 2.27. The van der Waals surface area contributed by atoms with E-state index in [0.29, 0.717) is 41.1 Å². The molecule has 0 atom stereocenters. The quantitative estimate of drug-likeness (QED) is 0.241. The summed E-state index contributed by atoms with van der Waals surface area (Å²) in [4.78, 5) is 11.4. The van der Waals surface area contributed by atoms with Crippen LogP contribution in [0.15, 0.2) is 53.7 Å². The van der Waals surface area contributed by atoms with E-state index in [-0.39, 0.29) is 17.3 Å². The zero-order valence-electron chi connectivity index (χ0n) is 19.2. The minimum Gasteiger partial charge on any atom is -0.370 e. The molecule has 0 unspecified atom stereocenters. The van der Waals surface area contributed by atoms with E-state index in [4.69, 9.17) is 4.98 Å². The lowest BCUT2D eigenvalue weighted by atomic mass is 10.1. The van der Waals surface area contributed by atoms with Crippen molar-refractivity contribution in [3.05, 3.63) is 77.2 Å². The summed E-state index contributed by atoms with van der Waals surface area (Å²) in [6, 6.07) is 3.94. The summed E-state index contributed by atoms with van der Waals surface area (Å²) in [5, 5.41) is 8.32. The average molecular weight is 467 g/mol. The van der Waals surface area contributed by atoms with E-state index in [0.717, 1.165) is 17.2 Å². The molecular formula is C25H25F3N6. The van der Waals surface area contributed by atoms with Gasteiger partial charge >= 0.3 is 0 Å². The molecule has 0 spiro atoms. The Labute approximate surface area is 194 Å². The number of rotatable bonds is 8. The molecule has 4 rings (SSSR count). The van der Waals surface area contributed by atoms with Crippen LogP contribution in [0.4, 0.5) is 19.0 Å². The SMILES string of the molecule is C=N/C=C(\C=C(/C)F)c1cc(NCCc2c[nH]c3c(F)cc(F)cc23)n2ncc(C(C)C)c2n1. The topological polar surface area (TPSA) is 70.4 Å². The Morgan fingerprint density at radius 3 is 2.79 bits per heavy atom. The summed E-state index contributed by atoms with van der Waals surface area (Å²) in [5.41, 5.74) is 3.63. The maximum atomic E-state index is 14.0. The van der Waals surface area contributed by atoms with E-state index in [1.807, 2.05) is 13.8 Å². The van der Waals surface area contributed by atoms with Crippen molar-refractivity contribution in [3.63, 3.8) is 0 Å². The number of allylic oxidation sites excluding steroid dienone is 3. The monoisotopic (exact) mass is 466 g/mol. The van der Waals surface area contributed by atoms with Gasteiger partial charge in [0.15, 0.2) is 5.65 Å². The molecule has 0 bridgehead atoms. The van der Waals surface area contributed by atoms with Crippen LogP contribution in [-0.2, 0) is 6.42 Å². The molecule has 0 radical (unpaired) electrons. The number of halogens is 3. The van der Waals surface area contributed by atoms with Gasteiger partial charge in [-0.25, -0.2) is 18.2 Å². The molecule has 0 aliphatic rings. The lowest BCUT2D eigenvalue weighted by Gasteiger charge is -2.12. The number of aromatic amines is 1. The van der Waals surface area contributed by atoms with Crippen LogP contribution in [0, 0.1) is 11.6 Å². The lowest BCUT2D eigenvalue weighted by molar-refractivity contribution is 0.591. The molecule has 34 heavy (non-hydrogen) atoms. The molecule has 4 aromatic rings. The second-order valence-electron chi connectivity index (χ2n) is 8.32. The van der Waals surface area contributed by atoms with E-state index in [9.17, 15) is 13.2 Å². The van der Waals surface area contributed by atoms with Crippen LogP contribution >= 0.6 is 0 Å². The van der Waals surface area contributed by atoms with Gasteiger partial charge in [0.1, 0.15) is 17.5 Å². The van der Waals surface area contributed by atoms with Gasteiger partial charge in [0.25, 0.3) is 0 Å². The van der Waals surface area contributed by atoms with Gasteiger partial charge in [-0.05, 0) is 43.7 Å². The van der Waals surface area contributed by atoms with Gasteiger partial charge in [-0.1, -0.05) is 13.8 Å². The summed E-state index contributed by atoms with van der Waals surface area (Å²) in [5.74, 6) is -0.818. The minimum absolute atomic E-state index is 0.174. The Bertz CT molecular complexity index is 1420. The van der Waals surface area contributed by atoms with Gasteiger partial charge in [-0.2, -0.15) is 9.61 Å². The van der Waals surface area contributed by atoms with Crippen LogP contribution < -0.4 is 5.32 Å². The molecule has 0 saturated heterocycles. The zero-order chi connectivity index (χ0) is 24.4. The lowest BCUT2D eigenvalue weighted by Crippen LogP contribution is -2.11. The Balaban J connectivity index is 1.70. The van der Waals surface area contributed by atoms with Crippen molar-refractivity contribution in [1.82, 2.24) is 19.6 Å². The molecule has 3 heterocycles. The molecule has 3 aromatic heterocycles. The third kappa shape index (κ3) is 4.59. The van der Waals surface area contributed by atoms with E-state index in [1.54, 1.807) is 23.0 Å². The predicted octanol–water partition coefficient (Wildman–Crippen LogP) is 6.18. The fraction of sp³-hybridized carbons (Fsp3) is 0.240. The van der Waals surface area contributed by atoms with Crippen molar-refractivity contribution in [3.8, 4) is 0 Å². The fourth-order valence-corrected chi connectivity index (χ4v) is 3.89. The number of hydrogen-bond acceptors (Lipinski definition) is 4. The highest BCUT2D eigenvalue weighted by Gasteiger charge is 2.16. The van der Waals surface area contributed by atoms with E-state index < -0.39 is 11.6 Å². The van der Waals surface area contributed by atoms with Crippen molar-refractivity contribution in [2.24, 2.45) is 4.99 Å². The number of nitrogens with one attached hydrogen (secondary N) is 2. The first kappa shape index (κ1) is 23.3. The van der Waals surface area contributed by atoms with Gasteiger partial charge in [0.05, 0.1) is 23.2 Å². The third-order valence-corrected chi connectivity index (χ3v) is 5.49. The Kier molecular flexibility index (Phi) is 6.54. The minimum atomic E-state index is -0.626. The Morgan fingerprint density at radius 2 is 2.09 bits per heavy atom. The van der Waals surface area contributed by atoms with Crippen molar-refractivity contribution < 1.29 is 13.2 Å². The smallest absolute Gasteiger partial charge is 0.161 e. The normalized spacial score (nSPS) is 12.8. The van der Waals surface area contributed by atoms with Gasteiger partial charge < -0.3 is 10.3 Å². The van der Waals surface area contributed by atoms with Crippen molar-refractivity contribution in [2.45, 2.75) is 33.1 Å². The molecule has 0 aliphatic heterocycles. The van der Waals surface area contributed by atoms with Gasteiger partial charge in [-0.15, -0.1) is 0 Å². The van der Waals surface area contributed by atoms with Crippen LogP contribution in [0.3, 0.4) is 0 Å². The first-order valence-electron chi connectivity index (χ1n) is 10.9. The molecule has 1 aromatic carbocycles. The van der Waals surface area contributed by atoms with E-state index in [2.05, 4.69) is 27.1 Å². The van der Waals surface area contributed by atoms with Crippen LogP contribution in [-0.4, -0.2) is 32.8 Å². The van der Waals surface area contributed by atoms with E-state index >= 15 is 0 Å². The molecule has 2 N–H and O–H groups in total. The highest BCUT2D eigenvalue weighted by atomic mass is 19.1. The first-order chi connectivity index (χ1) is 16.3. The number of anilines is 1. The summed E-state index contributed by atoms with van der Waals surface area (Å²) < 4.78 is 43.1. The number of fused-ring (bicyclic) bond motifs is 2. The van der Waals surface area contributed by atoms with Crippen molar-refractivity contribution >= 4 is 34.7 Å². The van der Waals surface area contributed by atoms with E-state index in [1.165, 1.54) is 25.3 Å². The van der Waals surface area contributed by atoms with Gasteiger partial charge in [-0.3, -0.25) is 4.99 Å². The van der Waals surface area contributed by atoms with Crippen LogP contribution in [0.5, 0.6) is 0 Å². The van der Waals surface area contributed by atoms with Crippen molar-refractivity contribution in [2.75, 3.05) is 11.9 Å². The Hall–Kier alpha value is -3.88.